The number of H-pyrrole nitrogens is 1. The summed E-state index contributed by atoms with van der Waals surface area (Å²) in [5.41, 5.74) is 1.51. The molecule has 1 aromatic heterocycles. The molecule has 1 aromatic rings. The Morgan fingerprint density at radius 1 is 1.54 bits per heavy atom. The van der Waals surface area contributed by atoms with Crippen molar-refractivity contribution in [1.82, 2.24) is 9.66 Å². The molecule has 0 atom stereocenters. The number of aromatic amines is 1. The van der Waals surface area contributed by atoms with Crippen molar-refractivity contribution in [2.24, 2.45) is 0 Å². The van der Waals surface area contributed by atoms with Gasteiger partial charge in [-0.15, -0.1) is 0 Å². The van der Waals surface area contributed by atoms with Gasteiger partial charge in [0.2, 0.25) is 5.91 Å². The van der Waals surface area contributed by atoms with Gasteiger partial charge in [-0.05, 0) is 6.92 Å². The lowest BCUT2D eigenvalue weighted by molar-refractivity contribution is -0.115. The first-order valence-corrected chi connectivity index (χ1v) is 3.61. The van der Waals surface area contributed by atoms with Crippen molar-refractivity contribution < 1.29 is 4.79 Å². The molecule has 1 rings (SSSR count). The number of hydrogen-bond acceptors (Lipinski definition) is 3. The Labute approximate surface area is 73.2 Å². The highest BCUT2D eigenvalue weighted by atomic mass is 16.2. The Morgan fingerprint density at radius 2 is 2.15 bits per heavy atom. The molecule has 0 radical (unpaired) electrons. The maximum absolute atomic E-state index is 11.1. The van der Waals surface area contributed by atoms with Gasteiger partial charge >= 0.3 is 5.69 Å². The molecule has 0 aliphatic carbocycles. The Kier molecular flexibility index (Phi) is 2.32. The zero-order valence-corrected chi connectivity index (χ0v) is 7.25. The molecule has 0 unspecified atom stereocenters. The number of aryl methyl sites for hydroxylation is 1. The SMILES string of the molecule is CC(=O)Nn1c(C)cc(=O)[nH]c1=O. The Bertz CT molecular complexity index is 443. The first-order valence-electron chi connectivity index (χ1n) is 3.61. The number of nitrogens with zero attached hydrogens (tertiary/aromatic N) is 1. The summed E-state index contributed by atoms with van der Waals surface area (Å²) in [4.78, 5) is 34.5. The van der Waals surface area contributed by atoms with E-state index in [1.807, 2.05) is 4.98 Å². The minimum atomic E-state index is -0.653. The fourth-order valence-electron chi connectivity index (χ4n) is 0.908. The van der Waals surface area contributed by atoms with Crippen LogP contribution in [0.1, 0.15) is 12.6 Å². The average Bonchev–Trinajstić information content (AvgIpc) is 1.96. The number of carbonyl (C=O) groups excluding carboxylic acids is 1. The number of aromatic nitrogens is 2. The molecule has 0 spiro atoms. The van der Waals surface area contributed by atoms with Crippen molar-refractivity contribution in [3.63, 3.8) is 0 Å². The van der Waals surface area contributed by atoms with Crippen LogP contribution in [-0.2, 0) is 4.79 Å². The van der Waals surface area contributed by atoms with Crippen LogP contribution < -0.4 is 16.7 Å². The Balaban J connectivity index is 3.29. The minimum Gasteiger partial charge on any atom is -0.274 e. The zero-order chi connectivity index (χ0) is 10.0. The van der Waals surface area contributed by atoms with Gasteiger partial charge in [0.1, 0.15) is 0 Å². The quantitative estimate of drug-likeness (QED) is 0.581. The molecular weight excluding hydrogens is 174 g/mol. The second kappa shape index (κ2) is 3.26. The van der Waals surface area contributed by atoms with Gasteiger partial charge in [-0.2, -0.15) is 0 Å². The molecule has 0 saturated carbocycles. The average molecular weight is 183 g/mol. The summed E-state index contributed by atoms with van der Waals surface area (Å²) in [5, 5.41) is 0. The maximum Gasteiger partial charge on any atom is 0.347 e. The predicted molar refractivity (Wildman–Crippen MR) is 46.1 cm³/mol. The normalized spacial score (nSPS) is 9.69. The molecule has 70 valence electrons. The van der Waals surface area contributed by atoms with E-state index in [1.165, 1.54) is 13.0 Å². The molecule has 0 bridgehead atoms. The van der Waals surface area contributed by atoms with E-state index in [0.29, 0.717) is 5.69 Å². The van der Waals surface area contributed by atoms with Gasteiger partial charge in [0.05, 0.1) is 0 Å². The Hall–Kier alpha value is -1.85. The lowest BCUT2D eigenvalue weighted by Gasteiger charge is -2.07. The molecule has 0 aromatic carbocycles. The van der Waals surface area contributed by atoms with E-state index in [9.17, 15) is 14.4 Å². The van der Waals surface area contributed by atoms with E-state index in [-0.39, 0.29) is 5.91 Å². The van der Waals surface area contributed by atoms with Crippen molar-refractivity contribution in [2.45, 2.75) is 13.8 Å². The van der Waals surface area contributed by atoms with Crippen LogP contribution in [0.15, 0.2) is 15.7 Å². The monoisotopic (exact) mass is 183 g/mol. The molecule has 1 heterocycles. The summed E-state index contributed by atoms with van der Waals surface area (Å²) in [7, 11) is 0. The molecule has 13 heavy (non-hydrogen) atoms. The highest BCUT2D eigenvalue weighted by Gasteiger charge is 2.01. The van der Waals surface area contributed by atoms with Crippen LogP contribution in [0.5, 0.6) is 0 Å². The molecule has 6 nitrogen and oxygen atoms in total. The lowest BCUT2D eigenvalue weighted by atomic mass is 10.4. The predicted octanol–water partition coefficient (Wildman–Crippen LogP) is -1.06. The van der Waals surface area contributed by atoms with Gasteiger partial charge in [0.25, 0.3) is 5.56 Å². The number of nitrogens with one attached hydrogen (secondary N) is 2. The van der Waals surface area contributed by atoms with Gasteiger partial charge in [0.15, 0.2) is 0 Å². The van der Waals surface area contributed by atoms with Crippen molar-refractivity contribution >= 4 is 5.91 Å². The molecule has 0 aliphatic heterocycles. The summed E-state index contributed by atoms with van der Waals surface area (Å²) in [6, 6.07) is 1.22. The van der Waals surface area contributed by atoms with E-state index in [1.54, 1.807) is 6.92 Å². The first kappa shape index (κ1) is 9.24. The number of amides is 1. The topological polar surface area (TPSA) is 84.0 Å². The van der Waals surface area contributed by atoms with Crippen LogP contribution in [0.4, 0.5) is 0 Å². The van der Waals surface area contributed by atoms with Crippen molar-refractivity contribution in [3.8, 4) is 0 Å². The summed E-state index contributed by atoms with van der Waals surface area (Å²) >= 11 is 0. The smallest absolute Gasteiger partial charge is 0.274 e. The van der Waals surface area contributed by atoms with Crippen LogP contribution in [0, 0.1) is 6.92 Å². The molecule has 0 aliphatic rings. The van der Waals surface area contributed by atoms with E-state index in [2.05, 4.69) is 5.43 Å². The van der Waals surface area contributed by atoms with Gasteiger partial charge in [0, 0.05) is 18.7 Å². The number of carbonyl (C=O) groups is 1. The third-order valence-electron chi connectivity index (χ3n) is 1.40. The van der Waals surface area contributed by atoms with E-state index < -0.39 is 11.2 Å². The van der Waals surface area contributed by atoms with E-state index in [0.717, 1.165) is 4.68 Å². The van der Waals surface area contributed by atoms with Crippen LogP contribution in [-0.4, -0.2) is 15.6 Å². The van der Waals surface area contributed by atoms with Gasteiger partial charge in [-0.25, -0.2) is 9.47 Å². The van der Waals surface area contributed by atoms with Gasteiger partial charge < -0.3 is 0 Å². The molecule has 0 fully saturated rings. The zero-order valence-electron chi connectivity index (χ0n) is 7.25. The lowest BCUT2D eigenvalue weighted by Crippen LogP contribution is -2.38. The molecule has 1 amide bonds. The van der Waals surface area contributed by atoms with E-state index in [4.69, 9.17) is 0 Å². The number of rotatable bonds is 1. The highest BCUT2D eigenvalue weighted by Crippen LogP contribution is 1.83. The van der Waals surface area contributed by atoms with Crippen molar-refractivity contribution in [2.75, 3.05) is 5.43 Å². The van der Waals surface area contributed by atoms with Crippen LogP contribution in [0.3, 0.4) is 0 Å². The maximum atomic E-state index is 11.1. The number of hydrogen-bond donors (Lipinski definition) is 2. The van der Waals surface area contributed by atoms with Crippen molar-refractivity contribution in [3.05, 3.63) is 32.6 Å². The fraction of sp³-hybridized carbons (Fsp3) is 0.286. The van der Waals surface area contributed by atoms with Crippen LogP contribution >= 0.6 is 0 Å². The third kappa shape index (κ3) is 2.05. The summed E-state index contributed by atoms with van der Waals surface area (Å²) < 4.78 is 0.976. The molecule has 2 N–H and O–H groups in total. The molecular formula is C7H9N3O3. The Morgan fingerprint density at radius 3 is 2.62 bits per heavy atom. The van der Waals surface area contributed by atoms with Crippen molar-refractivity contribution in [1.29, 1.82) is 0 Å². The third-order valence-corrected chi connectivity index (χ3v) is 1.40. The highest BCUT2D eigenvalue weighted by molar-refractivity contribution is 5.80. The second-order valence-corrected chi connectivity index (χ2v) is 2.58. The van der Waals surface area contributed by atoms with Crippen LogP contribution in [0.25, 0.3) is 0 Å². The minimum absolute atomic E-state index is 0.378. The molecule has 0 saturated heterocycles. The van der Waals surface area contributed by atoms with Gasteiger partial charge in [-0.1, -0.05) is 0 Å². The standard InChI is InChI=1S/C7H9N3O3/c1-4-3-6(12)8-7(13)10(4)9-5(2)11/h3H,1-2H3,(H,9,11)(H,8,12,13). The molecule has 6 heteroatoms. The fourth-order valence-corrected chi connectivity index (χ4v) is 0.908. The van der Waals surface area contributed by atoms with Gasteiger partial charge in [-0.3, -0.25) is 20.0 Å². The largest absolute Gasteiger partial charge is 0.347 e. The van der Waals surface area contributed by atoms with Crippen LogP contribution in [0.2, 0.25) is 0 Å². The first-order chi connectivity index (χ1) is 6.00. The summed E-state index contributed by atoms with van der Waals surface area (Å²) in [6.45, 7) is 2.82. The summed E-state index contributed by atoms with van der Waals surface area (Å²) in [6.07, 6.45) is 0. The summed E-state index contributed by atoms with van der Waals surface area (Å²) in [5.74, 6) is -0.378. The van der Waals surface area contributed by atoms with E-state index >= 15 is 0 Å². The second-order valence-electron chi connectivity index (χ2n) is 2.58.